The molecule has 0 N–H and O–H groups in total. The van der Waals surface area contributed by atoms with E-state index in [2.05, 4.69) is 9.36 Å². The van der Waals surface area contributed by atoms with E-state index in [9.17, 15) is 17.4 Å². The number of aryl methyl sites for hydroxylation is 1. The van der Waals surface area contributed by atoms with Crippen molar-refractivity contribution in [3.63, 3.8) is 0 Å². The van der Waals surface area contributed by atoms with Gasteiger partial charge >= 0.3 is 0 Å². The summed E-state index contributed by atoms with van der Waals surface area (Å²) in [4.78, 5) is 6.51. The molecule has 0 aliphatic heterocycles. The minimum absolute atomic E-state index is 0.0754. The van der Waals surface area contributed by atoms with Gasteiger partial charge in [0.1, 0.15) is 0 Å². The summed E-state index contributed by atoms with van der Waals surface area (Å²) in [6.45, 7) is 6.11. The van der Waals surface area contributed by atoms with Crippen molar-refractivity contribution in [2.75, 3.05) is 19.3 Å². The fourth-order valence-corrected chi connectivity index (χ4v) is 4.49. The molecule has 0 aliphatic rings. The maximum atomic E-state index is 13.5. The molecular formula is C19H21ClF3N3OS. The van der Waals surface area contributed by atoms with Gasteiger partial charge in [-0.25, -0.2) is 22.4 Å². The normalized spacial score (nSPS) is 13.6. The summed E-state index contributed by atoms with van der Waals surface area (Å²) in [6, 6.07) is 4.60. The van der Waals surface area contributed by atoms with Crippen molar-refractivity contribution >= 4 is 39.0 Å². The number of benzene rings is 2. The Labute approximate surface area is 168 Å². The second-order valence-electron chi connectivity index (χ2n) is 6.13. The van der Waals surface area contributed by atoms with E-state index < -0.39 is 27.2 Å². The molecule has 0 saturated heterocycles. The van der Waals surface area contributed by atoms with Crippen molar-refractivity contribution in [1.29, 1.82) is 0 Å². The van der Waals surface area contributed by atoms with Gasteiger partial charge in [-0.2, -0.15) is 4.36 Å². The number of halogens is 4. The molecule has 0 bridgehead atoms. The van der Waals surface area contributed by atoms with Gasteiger partial charge in [0, 0.05) is 31.5 Å². The Bertz CT molecular complexity index is 1010. The highest BCUT2D eigenvalue weighted by molar-refractivity contribution is 7.93. The van der Waals surface area contributed by atoms with Crippen LogP contribution in [0, 0.1) is 24.4 Å². The standard InChI is InChI=1S/C19H21ClF3N3OS/c1-5-26(4)11-24-17-7-12(3)18(10-14(17)20)28(27,6-2)25-13-8-15(21)19(23)16(22)9-13/h7-11H,5-6H2,1-4H3/b24-11-. The maximum Gasteiger partial charge on any atom is 0.194 e. The lowest BCUT2D eigenvalue weighted by atomic mass is 10.2. The van der Waals surface area contributed by atoms with E-state index in [0.29, 0.717) is 28.3 Å². The largest absolute Gasteiger partial charge is 0.366 e. The van der Waals surface area contributed by atoms with Crippen molar-refractivity contribution in [2.45, 2.75) is 25.7 Å². The second-order valence-corrected chi connectivity index (χ2v) is 9.02. The highest BCUT2D eigenvalue weighted by Crippen LogP contribution is 2.33. The van der Waals surface area contributed by atoms with E-state index in [0.717, 1.165) is 6.54 Å². The van der Waals surface area contributed by atoms with Gasteiger partial charge in [0.25, 0.3) is 0 Å². The minimum atomic E-state index is -3.09. The van der Waals surface area contributed by atoms with E-state index in [1.807, 2.05) is 18.9 Å². The van der Waals surface area contributed by atoms with Crippen LogP contribution in [0.25, 0.3) is 0 Å². The van der Waals surface area contributed by atoms with E-state index in [4.69, 9.17) is 11.6 Å². The van der Waals surface area contributed by atoms with E-state index in [1.165, 1.54) is 6.07 Å². The van der Waals surface area contributed by atoms with Gasteiger partial charge in [-0.1, -0.05) is 18.5 Å². The zero-order valence-electron chi connectivity index (χ0n) is 16.0. The molecule has 9 heteroatoms. The number of hydrogen-bond donors (Lipinski definition) is 0. The molecule has 2 aromatic carbocycles. The third-order valence-corrected chi connectivity index (χ3v) is 6.81. The Morgan fingerprint density at radius 1 is 1.14 bits per heavy atom. The predicted octanol–water partition coefficient (Wildman–Crippen LogP) is 5.86. The summed E-state index contributed by atoms with van der Waals surface area (Å²) in [5.41, 5.74) is 0.875. The van der Waals surface area contributed by atoms with Crippen molar-refractivity contribution < 1.29 is 17.4 Å². The zero-order valence-corrected chi connectivity index (χ0v) is 17.5. The van der Waals surface area contributed by atoms with Gasteiger partial charge in [0.05, 0.1) is 37.4 Å². The Hall–Kier alpha value is -2.06. The topological polar surface area (TPSA) is 45.0 Å². The summed E-state index contributed by atoms with van der Waals surface area (Å²) in [5, 5.41) is 0.272. The Morgan fingerprint density at radius 2 is 1.75 bits per heavy atom. The molecule has 0 saturated carbocycles. The molecular weight excluding hydrogens is 411 g/mol. The van der Waals surface area contributed by atoms with Crippen LogP contribution in [0.1, 0.15) is 19.4 Å². The molecule has 1 unspecified atom stereocenters. The monoisotopic (exact) mass is 431 g/mol. The van der Waals surface area contributed by atoms with Gasteiger partial charge in [0.2, 0.25) is 0 Å². The third-order valence-electron chi connectivity index (χ3n) is 4.09. The first-order chi connectivity index (χ1) is 13.1. The van der Waals surface area contributed by atoms with Crippen LogP contribution in [-0.4, -0.2) is 34.8 Å². The van der Waals surface area contributed by atoms with Crippen LogP contribution < -0.4 is 0 Å². The van der Waals surface area contributed by atoms with Crippen molar-refractivity contribution in [3.05, 3.63) is 52.3 Å². The summed E-state index contributed by atoms with van der Waals surface area (Å²) in [5.74, 6) is -4.31. The molecule has 2 aromatic rings. The van der Waals surface area contributed by atoms with Gasteiger partial charge in [-0.15, -0.1) is 0 Å². The first-order valence-corrected chi connectivity index (χ1v) is 10.6. The summed E-state index contributed by atoms with van der Waals surface area (Å²) < 4.78 is 57.6. The molecule has 0 aromatic heterocycles. The van der Waals surface area contributed by atoms with E-state index in [1.54, 1.807) is 26.3 Å². The first kappa shape index (κ1) is 22.2. The molecule has 152 valence electrons. The van der Waals surface area contributed by atoms with Crippen LogP contribution >= 0.6 is 11.6 Å². The Kier molecular flexibility index (Phi) is 7.11. The maximum absolute atomic E-state index is 13.5. The van der Waals surface area contributed by atoms with E-state index in [-0.39, 0.29) is 16.5 Å². The first-order valence-electron chi connectivity index (χ1n) is 8.55. The lowest BCUT2D eigenvalue weighted by Gasteiger charge is -2.14. The molecule has 0 fully saturated rings. The summed E-state index contributed by atoms with van der Waals surface area (Å²) in [6.07, 6.45) is 1.63. The Balaban J connectivity index is 2.58. The molecule has 2 rings (SSSR count). The van der Waals surface area contributed by atoms with Gasteiger partial charge < -0.3 is 4.90 Å². The van der Waals surface area contributed by atoms with Crippen LogP contribution in [0.15, 0.2) is 38.5 Å². The SMILES string of the molecule is CCN(C)/C=N\c1cc(C)c(S(=O)(CC)=Nc2cc(F)c(F)c(F)c2)cc1Cl. The average Bonchev–Trinajstić information content (AvgIpc) is 2.65. The van der Waals surface area contributed by atoms with Crippen LogP contribution in [0.5, 0.6) is 0 Å². The molecule has 0 amide bonds. The highest BCUT2D eigenvalue weighted by atomic mass is 35.5. The fourth-order valence-electron chi connectivity index (χ4n) is 2.37. The molecule has 1 atom stereocenters. The Morgan fingerprint density at radius 3 is 2.29 bits per heavy atom. The van der Waals surface area contributed by atoms with Crippen molar-refractivity contribution in [2.24, 2.45) is 9.36 Å². The third kappa shape index (κ3) is 4.86. The fraction of sp³-hybridized carbons (Fsp3) is 0.316. The van der Waals surface area contributed by atoms with Gasteiger partial charge in [-0.05, 0) is 31.5 Å². The second kappa shape index (κ2) is 8.96. The smallest absolute Gasteiger partial charge is 0.194 e. The number of hydrogen-bond acceptors (Lipinski definition) is 3. The number of nitrogens with zero attached hydrogens (tertiary/aromatic N) is 3. The van der Waals surface area contributed by atoms with Gasteiger partial charge in [0.15, 0.2) is 17.5 Å². The minimum Gasteiger partial charge on any atom is -0.366 e. The van der Waals surface area contributed by atoms with Crippen LogP contribution in [0.2, 0.25) is 5.02 Å². The van der Waals surface area contributed by atoms with Crippen LogP contribution in [0.3, 0.4) is 0 Å². The van der Waals surface area contributed by atoms with E-state index >= 15 is 0 Å². The summed E-state index contributed by atoms with van der Waals surface area (Å²) >= 11 is 6.30. The molecule has 0 radical (unpaired) electrons. The number of rotatable bonds is 6. The van der Waals surface area contributed by atoms with Crippen molar-refractivity contribution in [1.82, 2.24) is 4.90 Å². The number of aliphatic imine (C=N–C) groups is 1. The lowest BCUT2D eigenvalue weighted by molar-refractivity contribution is 0.447. The molecule has 4 nitrogen and oxygen atoms in total. The quantitative estimate of drug-likeness (QED) is 0.327. The predicted molar refractivity (Wildman–Crippen MR) is 108 cm³/mol. The highest BCUT2D eigenvalue weighted by Gasteiger charge is 2.18. The molecule has 0 heterocycles. The van der Waals surface area contributed by atoms with Crippen LogP contribution in [-0.2, 0) is 9.73 Å². The van der Waals surface area contributed by atoms with Crippen molar-refractivity contribution in [3.8, 4) is 0 Å². The lowest BCUT2D eigenvalue weighted by Crippen LogP contribution is -2.14. The van der Waals surface area contributed by atoms with Crippen LogP contribution in [0.4, 0.5) is 24.5 Å². The van der Waals surface area contributed by atoms with Gasteiger partial charge in [-0.3, -0.25) is 0 Å². The zero-order chi connectivity index (χ0) is 21.1. The molecule has 0 spiro atoms. The molecule has 0 aliphatic carbocycles. The average molecular weight is 432 g/mol. The molecule has 28 heavy (non-hydrogen) atoms. The summed E-state index contributed by atoms with van der Waals surface area (Å²) in [7, 11) is -1.22.